The summed E-state index contributed by atoms with van der Waals surface area (Å²) in [6.07, 6.45) is 1.87. The van der Waals surface area contributed by atoms with Crippen LogP contribution in [0.2, 0.25) is 0 Å². The molecule has 3 aromatic rings. The summed E-state index contributed by atoms with van der Waals surface area (Å²) in [7, 11) is 0. The molecule has 132 valence electrons. The molecule has 0 bridgehead atoms. The molecule has 1 aliphatic carbocycles. The van der Waals surface area contributed by atoms with Crippen molar-refractivity contribution in [2.45, 2.75) is 25.4 Å². The Morgan fingerprint density at radius 1 is 1.12 bits per heavy atom. The number of nitrogens with one attached hydrogen (secondary N) is 1. The third-order valence-electron chi connectivity index (χ3n) is 4.30. The maximum Gasteiger partial charge on any atom is 0.275 e. The van der Waals surface area contributed by atoms with E-state index in [0.717, 1.165) is 29.7 Å². The second-order valence-corrected chi connectivity index (χ2v) is 6.33. The molecule has 0 unspecified atom stereocenters. The summed E-state index contributed by atoms with van der Waals surface area (Å²) in [6.45, 7) is -0.225. The van der Waals surface area contributed by atoms with Crippen molar-refractivity contribution in [3.63, 3.8) is 0 Å². The Balaban J connectivity index is 1.85. The van der Waals surface area contributed by atoms with Crippen LogP contribution in [-0.4, -0.2) is 21.7 Å². The third kappa shape index (κ3) is 3.08. The smallest absolute Gasteiger partial charge is 0.275 e. The minimum Gasteiger partial charge on any atom is -0.352 e. The molecule has 5 nitrogen and oxygen atoms in total. The van der Waals surface area contributed by atoms with E-state index in [1.54, 1.807) is 24.3 Å². The van der Waals surface area contributed by atoms with E-state index in [1.807, 2.05) is 0 Å². The van der Waals surface area contributed by atoms with Gasteiger partial charge in [-0.2, -0.15) is 5.10 Å². The Morgan fingerprint density at radius 3 is 2.54 bits per heavy atom. The van der Waals surface area contributed by atoms with E-state index in [2.05, 4.69) is 10.4 Å². The van der Waals surface area contributed by atoms with Crippen molar-refractivity contribution in [2.24, 2.45) is 0 Å². The maximum absolute atomic E-state index is 13.7. The fourth-order valence-electron chi connectivity index (χ4n) is 2.84. The highest BCUT2D eigenvalue weighted by atomic mass is 19.2. The van der Waals surface area contributed by atoms with E-state index in [9.17, 15) is 18.4 Å². The number of carbonyl (C=O) groups is 1. The summed E-state index contributed by atoms with van der Waals surface area (Å²) in [5.74, 6) is -2.26. The van der Waals surface area contributed by atoms with E-state index >= 15 is 0 Å². The highest BCUT2D eigenvalue weighted by molar-refractivity contribution is 5.93. The molecule has 4 rings (SSSR count). The molecule has 1 saturated carbocycles. The van der Waals surface area contributed by atoms with Crippen LogP contribution >= 0.6 is 0 Å². The van der Waals surface area contributed by atoms with Crippen molar-refractivity contribution >= 4 is 16.7 Å². The zero-order valence-corrected chi connectivity index (χ0v) is 13.7. The van der Waals surface area contributed by atoms with Crippen LogP contribution in [0.4, 0.5) is 8.78 Å². The third-order valence-corrected chi connectivity index (χ3v) is 4.30. The first-order valence-corrected chi connectivity index (χ1v) is 8.27. The first kappa shape index (κ1) is 16.4. The monoisotopic (exact) mass is 355 g/mol. The van der Waals surface area contributed by atoms with Gasteiger partial charge in [0.05, 0.1) is 11.1 Å². The van der Waals surface area contributed by atoms with E-state index in [0.29, 0.717) is 22.0 Å². The fourth-order valence-corrected chi connectivity index (χ4v) is 2.84. The van der Waals surface area contributed by atoms with Crippen LogP contribution in [0.3, 0.4) is 0 Å². The molecule has 1 aliphatic rings. The Morgan fingerprint density at radius 2 is 1.85 bits per heavy atom. The summed E-state index contributed by atoms with van der Waals surface area (Å²) in [4.78, 5) is 24.7. The van der Waals surface area contributed by atoms with Crippen LogP contribution in [0.1, 0.15) is 12.8 Å². The van der Waals surface area contributed by atoms with Gasteiger partial charge in [0.15, 0.2) is 11.6 Å². The van der Waals surface area contributed by atoms with Crippen LogP contribution in [0, 0.1) is 11.6 Å². The summed E-state index contributed by atoms with van der Waals surface area (Å²) in [5.41, 5.74) is 0.243. The molecule has 1 heterocycles. The number of rotatable bonds is 4. The van der Waals surface area contributed by atoms with E-state index < -0.39 is 17.2 Å². The fraction of sp³-hybridized carbons (Fsp3) is 0.211. The first-order chi connectivity index (χ1) is 12.5. The number of halogens is 2. The first-order valence-electron chi connectivity index (χ1n) is 8.27. The van der Waals surface area contributed by atoms with Crippen molar-refractivity contribution < 1.29 is 13.6 Å². The molecule has 7 heteroatoms. The van der Waals surface area contributed by atoms with Gasteiger partial charge in [0.25, 0.3) is 5.56 Å². The lowest BCUT2D eigenvalue weighted by Crippen LogP contribution is -2.35. The van der Waals surface area contributed by atoms with Crippen LogP contribution in [-0.2, 0) is 11.3 Å². The molecule has 1 amide bonds. The molecule has 0 aliphatic heterocycles. The number of amides is 1. The Labute approximate surface area is 147 Å². The SMILES string of the molecule is O=C(Cn1nc(-c2ccc(F)c(F)c2)c2ccccc2c1=O)NC1CC1. The highest BCUT2D eigenvalue weighted by Crippen LogP contribution is 2.26. The molecule has 0 spiro atoms. The van der Waals surface area contributed by atoms with Crippen LogP contribution < -0.4 is 10.9 Å². The van der Waals surface area contributed by atoms with Crippen LogP contribution in [0.5, 0.6) is 0 Å². The van der Waals surface area contributed by atoms with E-state index in [4.69, 9.17) is 0 Å². The van der Waals surface area contributed by atoms with Crippen molar-refractivity contribution in [2.75, 3.05) is 0 Å². The van der Waals surface area contributed by atoms with Crippen molar-refractivity contribution in [3.8, 4) is 11.3 Å². The number of nitrogens with zero attached hydrogens (tertiary/aromatic N) is 2. The number of hydrogen-bond donors (Lipinski definition) is 1. The quantitative estimate of drug-likeness (QED) is 0.782. The minimum absolute atomic E-state index is 0.171. The molecule has 0 saturated heterocycles. The van der Waals surface area contributed by atoms with Gasteiger partial charge < -0.3 is 5.32 Å². The highest BCUT2D eigenvalue weighted by Gasteiger charge is 2.24. The van der Waals surface area contributed by atoms with Crippen LogP contribution in [0.15, 0.2) is 47.3 Å². The molecule has 1 fully saturated rings. The van der Waals surface area contributed by atoms with E-state index in [1.165, 1.54) is 6.07 Å². The second-order valence-electron chi connectivity index (χ2n) is 6.33. The normalized spacial score (nSPS) is 13.8. The predicted octanol–water partition coefficient (Wildman–Crippen LogP) is 2.62. The molecule has 1 aromatic heterocycles. The average Bonchev–Trinajstić information content (AvgIpc) is 3.44. The summed E-state index contributed by atoms with van der Waals surface area (Å²) in [6, 6.07) is 10.4. The Kier molecular flexibility index (Phi) is 3.99. The lowest BCUT2D eigenvalue weighted by molar-refractivity contribution is -0.122. The van der Waals surface area contributed by atoms with Gasteiger partial charge in [0.2, 0.25) is 5.91 Å². The molecular formula is C19H15F2N3O2. The van der Waals surface area contributed by atoms with Gasteiger partial charge in [0, 0.05) is 17.0 Å². The topological polar surface area (TPSA) is 64.0 Å². The second kappa shape index (κ2) is 6.33. The Bertz CT molecular complexity index is 1070. The summed E-state index contributed by atoms with van der Waals surface area (Å²) >= 11 is 0. The lowest BCUT2D eigenvalue weighted by atomic mass is 10.0. The summed E-state index contributed by atoms with van der Waals surface area (Å²) < 4.78 is 28.0. The molecule has 1 N–H and O–H groups in total. The van der Waals surface area contributed by atoms with Gasteiger partial charge in [-0.25, -0.2) is 13.5 Å². The molecule has 0 radical (unpaired) electrons. The number of fused-ring (bicyclic) bond motifs is 1. The minimum atomic E-state index is -1.00. The number of benzene rings is 2. The lowest BCUT2D eigenvalue weighted by Gasteiger charge is -2.11. The molecular weight excluding hydrogens is 340 g/mol. The van der Waals surface area contributed by atoms with Gasteiger partial charge in [-0.3, -0.25) is 9.59 Å². The standard InChI is InChI=1S/C19H15F2N3O2/c20-15-8-5-11(9-16(15)21)18-13-3-1-2-4-14(13)19(26)24(23-18)10-17(25)22-12-6-7-12/h1-5,8-9,12H,6-7,10H2,(H,22,25). The molecule has 2 aromatic carbocycles. The molecule has 26 heavy (non-hydrogen) atoms. The molecule has 0 atom stereocenters. The van der Waals surface area contributed by atoms with Gasteiger partial charge in [0.1, 0.15) is 6.54 Å². The van der Waals surface area contributed by atoms with Gasteiger partial charge in [-0.05, 0) is 37.1 Å². The largest absolute Gasteiger partial charge is 0.352 e. The van der Waals surface area contributed by atoms with Crippen molar-refractivity contribution in [1.29, 1.82) is 0 Å². The number of hydrogen-bond acceptors (Lipinski definition) is 3. The maximum atomic E-state index is 13.7. The predicted molar refractivity (Wildman–Crippen MR) is 92.5 cm³/mol. The van der Waals surface area contributed by atoms with Crippen molar-refractivity contribution in [1.82, 2.24) is 15.1 Å². The van der Waals surface area contributed by atoms with Gasteiger partial charge in [-0.1, -0.05) is 18.2 Å². The zero-order valence-electron chi connectivity index (χ0n) is 13.7. The van der Waals surface area contributed by atoms with Gasteiger partial charge >= 0.3 is 0 Å². The van der Waals surface area contributed by atoms with Crippen molar-refractivity contribution in [3.05, 3.63) is 64.5 Å². The van der Waals surface area contributed by atoms with Crippen LogP contribution in [0.25, 0.3) is 22.0 Å². The average molecular weight is 355 g/mol. The zero-order chi connectivity index (χ0) is 18.3. The number of carbonyl (C=O) groups excluding carboxylic acids is 1. The summed E-state index contributed by atoms with van der Waals surface area (Å²) in [5, 5.41) is 7.95. The Hall–Kier alpha value is -3.09. The number of aromatic nitrogens is 2. The van der Waals surface area contributed by atoms with Gasteiger partial charge in [-0.15, -0.1) is 0 Å². The van der Waals surface area contributed by atoms with E-state index in [-0.39, 0.29) is 18.5 Å².